The zero-order valence-electron chi connectivity index (χ0n) is 12.0. The highest BCUT2D eigenvalue weighted by Gasteiger charge is 2.38. The minimum absolute atomic E-state index is 0.237. The maximum absolute atomic E-state index is 11.7. The molecule has 5 heteroatoms. The molecule has 2 rings (SSSR count). The Kier molecular flexibility index (Phi) is 4.60. The largest absolute Gasteiger partial charge is 0.497 e. The van der Waals surface area contributed by atoms with Crippen LogP contribution in [-0.2, 0) is 16.1 Å². The predicted octanol–water partition coefficient (Wildman–Crippen LogP) is 2.41. The summed E-state index contributed by atoms with van der Waals surface area (Å²) in [4.78, 5) is 14.5. The van der Waals surface area contributed by atoms with E-state index in [-0.39, 0.29) is 17.9 Å². The van der Waals surface area contributed by atoms with E-state index in [9.17, 15) is 4.79 Å². The second-order valence-corrected chi connectivity index (χ2v) is 5.39. The normalized spacial score (nSPS) is 21.9. The molecule has 2 atom stereocenters. The molecule has 0 spiro atoms. The van der Waals surface area contributed by atoms with Gasteiger partial charge in [0.1, 0.15) is 11.7 Å². The van der Waals surface area contributed by atoms with Crippen molar-refractivity contribution in [3.05, 3.63) is 29.8 Å². The number of thiocarbonyl (C=S) groups is 1. The van der Waals surface area contributed by atoms with E-state index >= 15 is 0 Å². The topological polar surface area (TPSA) is 38.8 Å². The van der Waals surface area contributed by atoms with E-state index in [0.29, 0.717) is 11.5 Å². The maximum atomic E-state index is 11.7. The van der Waals surface area contributed by atoms with E-state index in [1.807, 2.05) is 24.3 Å². The molecule has 1 aromatic rings. The number of rotatable bonds is 4. The quantitative estimate of drug-likeness (QED) is 0.629. The van der Waals surface area contributed by atoms with E-state index in [1.54, 1.807) is 7.11 Å². The fourth-order valence-electron chi connectivity index (χ4n) is 2.49. The lowest BCUT2D eigenvalue weighted by Crippen LogP contribution is -2.32. The summed E-state index contributed by atoms with van der Waals surface area (Å²) in [6.45, 7) is 2.79. The van der Waals surface area contributed by atoms with Gasteiger partial charge in [-0.2, -0.15) is 0 Å². The lowest BCUT2D eigenvalue weighted by atomic mass is 10.1. The molecular formula is C15H19NO3S. The fraction of sp³-hybridized carbons (Fsp3) is 0.467. The molecule has 1 aliphatic heterocycles. The van der Waals surface area contributed by atoms with Crippen molar-refractivity contribution in [2.75, 3.05) is 14.2 Å². The lowest BCUT2D eigenvalue weighted by molar-refractivity contribution is -0.142. The summed E-state index contributed by atoms with van der Waals surface area (Å²) in [5, 5.41) is 0. The van der Waals surface area contributed by atoms with Crippen molar-refractivity contribution in [2.45, 2.75) is 25.9 Å². The number of nitrogens with zero attached hydrogens (tertiary/aromatic N) is 1. The molecular weight excluding hydrogens is 274 g/mol. The number of hydrogen-bond donors (Lipinski definition) is 0. The molecule has 108 valence electrons. The Morgan fingerprint density at radius 3 is 2.55 bits per heavy atom. The van der Waals surface area contributed by atoms with Crippen molar-refractivity contribution < 1.29 is 14.3 Å². The van der Waals surface area contributed by atoms with Gasteiger partial charge in [0.05, 0.1) is 19.2 Å². The first-order valence-corrected chi connectivity index (χ1v) is 6.99. The van der Waals surface area contributed by atoms with Gasteiger partial charge in [0.2, 0.25) is 0 Å². The summed E-state index contributed by atoms with van der Waals surface area (Å²) in [7, 11) is 3.05. The molecule has 20 heavy (non-hydrogen) atoms. The smallest absolute Gasteiger partial charge is 0.315 e. The summed E-state index contributed by atoms with van der Waals surface area (Å²) in [5.41, 5.74) is 1.14. The summed E-state index contributed by atoms with van der Waals surface area (Å²) in [5.74, 6) is 0.306. The van der Waals surface area contributed by atoms with Crippen LogP contribution in [-0.4, -0.2) is 36.1 Å². The highest BCUT2D eigenvalue weighted by molar-refractivity contribution is 7.80. The molecule has 0 aliphatic carbocycles. The van der Waals surface area contributed by atoms with Crippen LogP contribution in [0.1, 0.15) is 18.9 Å². The Morgan fingerprint density at radius 1 is 1.35 bits per heavy atom. The molecule has 0 aromatic heterocycles. The van der Waals surface area contributed by atoms with Crippen LogP contribution in [0, 0.1) is 5.92 Å². The molecule has 1 aromatic carbocycles. The van der Waals surface area contributed by atoms with Gasteiger partial charge in [-0.05, 0) is 31.0 Å². The summed E-state index contributed by atoms with van der Waals surface area (Å²) in [6.07, 6.45) is 0.724. The number of methoxy groups -OCH3 is 2. The first-order valence-electron chi connectivity index (χ1n) is 6.58. The zero-order valence-corrected chi connectivity index (χ0v) is 12.8. The Labute approximate surface area is 124 Å². The highest BCUT2D eigenvalue weighted by Crippen LogP contribution is 2.28. The third-order valence-electron chi connectivity index (χ3n) is 3.69. The van der Waals surface area contributed by atoms with Crippen molar-refractivity contribution in [3.8, 4) is 5.75 Å². The number of hydrogen-bond acceptors (Lipinski definition) is 4. The summed E-state index contributed by atoms with van der Waals surface area (Å²) < 4.78 is 9.96. The zero-order chi connectivity index (χ0) is 14.7. The number of ether oxygens (including phenoxy) is 2. The molecule has 0 bridgehead atoms. The first-order chi connectivity index (χ1) is 9.56. The van der Waals surface area contributed by atoms with Gasteiger partial charge in [-0.1, -0.05) is 24.4 Å². The Bertz CT molecular complexity index is 500. The van der Waals surface area contributed by atoms with Gasteiger partial charge in [-0.15, -0.1) is 0 Å². The van der Waals surface area contributed by atoms with Crippen LogP contribution in [0.3, 0.4) is 0 Å². The molecule has 1 heterocycles. The van der Waals surface area contributed by atoms with Gasteiger partial charge in [-0.25, -0.2) is 0 Å². The third kappa shape index (κ3) is 2.93. The van der Waals surface area contributed by atoms with Crippen LogP contribution >= 0.6 is 12.2 Å². The Balaban J connectivity index is 2.08. The van der Waals surface area contributed by atoms with E-state index in [2.05, 4.69) is 11.8 Å². The molecule has 1 saturated heterocycles. The van der Waals surface area contributed by atoms with Crippen molar-refractivity contribution >= 4 is 23.2 Å². The number of carbonyl (C=O) groups is 1. The third-order valence-corrected chi connectivity index (χ3v) is 4.21. The van der Waals surface area contributed by atoms with Crippen LogP contribution in [0.2, 0.25) is 0 Å². The molecule has 1 aliphatic rings. The van der Waals surface area contributed by atoms with Crippen LogP contribution in [0.5, 0.6) is 5.75 Å². The van der Waals surface area contributed by atoms with Gasteiger partial charge in [0.25, 0.3) is 0 Å². The SMILES string of the molecule is COC(=O)C1CC(C)N(Cc2ccc(OC)cc2)C1=S. The Morgan fingerprint density at radius 2 is 2.00 bits per heavy atom. The second kappa shape index (κ2) is 6.22. The number of likely N-dealkylation sites (tertiary alicyclic amines) is 1. The van der Waals surface area contributed by atoms with Gasteiger partial charge in [0, 0.05) is 12.6 Å². The van der Waals surface area contributed by atoms with Gasteiger partial charge in [-0.3, -0.25) is 4.79 Å². The maximum Gasteiger partial charge on any atom is 0.315 e. The molecule has 0 radical (unpaired) electrons. The van der Waals surface area contributed by atoms with E-state index in [0.717, 1.165) is 17.7 Å². The standard InChI is InChI=1S/C15H19NO3S/c1-10-8-13(15(17)19-3)14(20)16(10)9-11-4-6-12(18-2)7-5-11/h4-7,10,13H,8-9H2,1-3H3. The minimum atomic E-state index is -0.289. The molecule has 1 fully saturated rings. The minimum Gasteiger partial charge on any atom is -0.497 e. The van der Waals surface area contributed by atoms with Crippen LogP contribution < -0.4 is 4.74 Å². The van der Waals surface area contributed by atoms with Crippen molar-refractivity contribution in [1.82, 2.24) is 4.90 Å². The summed E-state index contributed by atoms with van der Waals surface area (Å²) >= 11 is 5.43. The molecule has 0 N–H and O–H groups in total. The Hall–Kier alpha value is -1.62. The lowest BCUT2D eigenvalue weighted by Gasteiger charge is -2.24. The molecule has 0 amide bonds. The van der Waals surface area contributed by atoms with Crippen molar-refractivity contribution in [2.24, 2.45) is 5.92 Å². The van der Waals surface area contributed by atoms with Crippen LogP contribution in [0.4, 0.5) is 0 Å². The highest BCUT2D eigenvalue weighted by atomic mass is 32.1. The van der Waals surface area contributed by atoms with E-state index in [1.165, 1.54) is 7.11 Å². The van der Waals surface area contributed by atoms with Crippen LogP contribution in [0.25, 0.3) is 0 Å². The van der Waals surface area contributed by atoms with Gasteiger partial charge >= 0.3 is 5.97 Å². The van der Waals surface area contributed by atoms with Gasteiger partial charge in [0.15, 0.2) is 0 Å². The summed E-state index contributed by atoms with van der Waals surface area (Å²) in [6, 6.07) is 8.13. The average molecular weight is 293 g/mol. The van der Waals surface area contributed by atoms with Crippen molar-refractivity contribution in [3.63, 3.8) is 0 Å². The number of carbonyl (C=O) groups excluding carboxylic acids is 1. The van der Waals surface area contributed by atoms with Crippen molar-refractivity contribution in [1.29, 1.82) is 0 Å². The predicted molar refractivity (Wildman–Crippen MR) is 80.7 cm³/mol. The fourth-order valence-corrected chi connectivity index (χ4v) is 2.92. The average Bonchev–Trinajstić information content (AvgIpc) is 2.75. The molecule has 4 nitrogen and oxygen atoms in total. The van der Waals surface area contributed by atoms with E-state index < -0.39 is 0 Å². The van der Waals surface area contributed by atoms with E-state index in [4.69, 9.17) is 21.7 Å². The van der Waals surface area contributed by atoms with Crippen LogP contribution in [0.15, 0.2) is 24.3 Å². The second-order valence-electron chi connectivity index (χ2n) is 4.97. The monoisotopic (exact) mass is 293 g/mol. The first kappa shape index (κ1) is 14.8. The molecule has 2 unspecified atom stereocenters. The van der Waals surface area contributed by atoms with Gasteiger partial charge < -0.3 is 14.4 Å². The number of benzene rings is 1. The molecule has 0 saturated carbocycles. The number of esters is 1.